The first-order valence-corrected chi connectivity index (χ1v) is 9.06. The molecule has 0 spiro atoms. The van der Waals surface area contributed by atoms with Crippen LogP contribution in [0.5, 0.6) is 0 Å². The Balaban J connectivity index is 1.84. The molecule has 0 saturated carbocycles. The molecule has 4 aromatic rings. The van der Waals surface area contributed by atoms with E-state index in [9.17, 15) is 13.2 Å². The van der Waals surface area contributed by atoms with Gasteiger partial charge in [0.2, 0.25) is 5.13 Å². The second kappa shape index (κ2) is 6.66. The molecule has 0 fully saturated rings. The molecule has 0 aliphatic rings. The van der Waals surface area contributed by atoms with Gasteiger partial charge >= 0.3 is 6.18 Å². The summed E-state index contributed by atoms with van der Waals surface area (Å²) in [6, 6.07) is 16.8. The SMILES string of the molecule is Cc1cc(-c2ccccc2C(F)(F)F)n(-c2nc(-c3ccccc3)cs2)n1. The van der Waals surface area contributed by atoms with Crippen molar-refractivity contribution in [2.24, 2.45) is 0 Å². The number of hydrogen-bond acceptors (Lipinski definition) is 3. The Hall–Kier alpha value is -2.93. The minimum absolute atomic E-state index is 0.0852. The highest BCUT2D eigenvalue weighted by Crippen LogP contribution is 2.38. The fourth-order valence-electron chi connectivity index (χ4n) is 2.89. The number of halogens is 3. The van der Waals surface area contributed by atoms with Crippen molar-refractivity contribution in [3.05, 3.63) is 77.3 Å². The van der Waals surface area contributed by atoms with Gasteiger partial charge in [0.25, 0.3) is 0 Å². The first kappa shape index (κ1) is 17.5. The number of aromatic nitrogens is 3. The Morgan fingerprint density at radius 3 is 2.41 bits per heavy atom. The van der Waals surface area contributed by atoms with Gasteiger partial charge < -0.3 is 0 Å². The molecule has 0 unspecified atom stereocenters. The van der Waals surface area contributed by atoms with Crippen LogP contribution in [0.1, 0.15) is 11.3 Å². The first-order chi connectivity index (χ1) is 12.9. The van der Waals surface area contributed by atoms with Crippen LogP contribution >= 0.6 is 11.3 Å². The number of hydrogen-bond donors (Lipinski definition) is 0. The molecule has 0 N–H and O–H groups in total. The molecule has 3 nitrogen and oxygen atoms in total. The topological polar surface area (TPSA) is 30.7 Å². The van der Waals surface area contributed by atoms with Gasteiger partial charge in [0, 0.05) is 16.5 Å². The average Bonchev–Trinajstić information content (AvgIpc) is 3.28. The summed E-state index contributed by atoms with van der Waals surface area (Å²) >= 11 is 1.34. The molecule has 2 aromatic carbocycles. The van der Waals surface area contributed by atoms with E-state index in [0.717, 1.165) is 17.3 Å². The summed E-state index contributed by atoms with van der Waals surface area (Å²) < 4.78 is 41.9. The highest BCUT2D eigenvalue weighted by atomic mass is 32.1. The molecule has 0 amide bonds. The van der Waals surface area contributed by atoms with Crippen molar-refractivity contribution in [1.29, 1.82) is 0 Å². The summed E-state index contributed by atoms with van der Waals surface area (Å²) in [7, 11) is 0. The van der Waals surface area contributed by atoms with Gasteiger partial charge in [-0.05, 0) is 19.1 Å². The van der Waals surface area contributed by atoms with Crippen LogP contribution < -0.4 is 0 Å². The maximum atomic E-state index is 13.5. The van der Waals surface area contributed by atoms with Gasteiger partial charge in [0.05, 0.1) is 22.6 Å². The molecule has 7 heteroatoms. The number of nitrogens with zero attached hydrogens (tertiary/aromatic N) is 3. The highest BCUT2D eigenvalue weighted by molar-refractivity contribution is 7.12. The normalized spacial score (nSPS) is 11.7. The molecule has 0 aliphatic heterocycles. The maximum absolute atomic E-state index is 13.5. The Kier molecular flexibility index (Phi) is 4.31. The number of rotatable bonds is 3. The fraction of sp³-hybridized carbons (Fsp3) is 0.100. The van der Waals surface area contributed by atoms with Gasteiger partial charge in [0.15, 0.2) is 0 Å². The highest BCUT2D eigenvalue weighted by Gasteiger charge is 2.34. The summed E-state index contributed by atoms with van der Waals surface area (Å²) in [4.78, 5) is 4.58. The van der Waals surface area contributed by atoms with Crippen LogP contribution in [0, 0.1) is 6.92 Å². The van der Waals surface area contributed by atoms with E-state index in [2.05, 4.69) is 10.1 Å². The van der Waals surface area contributed by atoms with Crippen LogP contribution in [0.15, 0.2) is 66.0 Å². The quantitative estimate of drug-likeness (QED) is 0.434. The number of benzene rings is 2. The van der Waals surface area contributed by atoms with Gasteiger partial charge in [0.1, 0.15) is 0 Å². The van der Waals surface area contributed by atoms with Crippen LogP contribution in [-0.4, -0.2) is 14.8 Å². The van der Waals surface area contributed by atoms with E-state index in [1.165, 1.54) is 28.2 Å². The van der Waals surface area contributed by atoms with Crippen molar-refractivity contribution in [1.82, 2.24) is 14.8 Å². The predicted molar refractivity (Wildman–Crippen MR) is 99.8 cm³/mol. The molecular formula is C20H14F3N3S. The van der Waals surface area contributed by atoms with Crippen molar-refractivity contribution < 1.29 is 13.2 Å². The molecule has 0 atom stereocenters. The molecule has 0 bridgehead atoms. The fourth-order valence-corrected chi connectivity index (χ4v) is 3.69. The zero-order valence-corrected chi connectivity index (χ0v) is 15.1. The van der Waals surface area contributed by atoms with Crippen LogP contribution in [-0.2, 0) is 6.18 Å². The minimum atomic E-state index is -4.45. The van der Waals surface area contributed by atoms with E-state index in [4.69, 9.17) is 0 Å². The Morgan fingerprint density at radius 1 is 0.963 bits per heavy atom. The molecule has 2 aromatic heterocycles. The summed E-state index contributed by atoms with van der Waals surface area (Å²) in [5, 5.41) is 6.78. The van der Waals surface area contributed by atoms with Gasteiger partial charge in [-0.15, -0.1) is 11.3 Å². The van der Waals surface area contributed by atoms with Gasteiger partial charge in [-0.2, -0.15) is 18.3 Å². The van der Waals surface area contributed by atoms with Crippen LogP contribution in [0.3, 0.4) is 0 Å². The van der Waals surface area contributed by atoms with Crippen molar-refractivity contribution >= 4 is 11.3 Å². The van der Waals surface area contributed by atoms with E-state index < -0.39 is 11.7 Å². The van der Waals surface area contributed by atoms with E-state index in [0.29, 0.717) is 16.5 Å². The van der Waals surface area contributed by atoms with E-state index in [1.807, 2.05) is 35.7 Å². The minimum Gasteiger partial charge on any atom is -0.218 e. The number of aryl methyl sites for hydroxylation is 1. The predicted octanol–water partition coefficient (Wildman–Crippen LogP) is 5.99. The van der Waals surface area contributed by atoms with Gasteiger partial charge in [-0.1, -0.05) is 48.5 Å². The summed E-state index contributed by atoms with van der Waals surface area (Å²) in [5.74, 6) is 0. The van der Waals surface area contributed by atoms with Crippen LogP contribution in [0.2, 0.25) is 0 Å². The summed E-state index contributed by atoms with van der Waals surface area (Å²) in [5.41, 5.74) is 2.10. The summed E-state index contributed by atoms with van der Waals surface area (Å²) in [6.07, 6.45) is -4.45. The number of alkyl halides is 3. The Labute approximate surface area is 157 Å². The molecule has 4 rings (SSSR count). The lowest BCUT2D eigenvalue weighted by Crippen LogP contribution is -2.08. The van der Waals surface area contributed by atoms with Crippen molar-refractivity contribution in [2.45, 2.75) is 13.1 Å². The van der Waals surface area contributed by atoms with Gasteiger partial charge in [-0.3, -0.25) is 0 Å². The van der Waals surface area contributed by atoms with Crippen LogP contribution in [0.4, 0.5) is 13.2 Å². The molecule has 136 valence electrons. The zero-order chi connectivity index (χ0) is 19.0. The monoisotopic (exact) mass is 385 g/mol. The maximum Gasteiger partial charge on any atom is 0.417 e. The molecule has 0 radical (unpaired) electrons. The third-order valence-electron chi connectivity index (χ3n) is 4.08. The van der Waals surface area contributed by atoms with Crippen molar-refractivity contribution in [3.63, 3.8) is 0 Å². The molecule has 0 aliphatic carbocycles. The van der Waals surface area contributed by atoms with Crippen molar-refractivity contribution in [3.8, 4) is 27.6 Å². The van der Waals surface area contributed by atoms with E-state index >= 15 is 0 Å². The second-order valence-corrected chi connectivity index (χ2v) is 6.84. The first-order valence-electron chi connectivity index (χ1n) is 8.18. The lowest BCUT2D eigenvalue weighted by molar-refractivity contribution is -0.137. The smallest absolute Gasteiger partial charge is 0.218 e. The van der Waals surface area contributed by atoms with E-state index in [-0.39, 0.29) is 5.56 Å². The third-order valence-corrected chi connectivity index (χ3v) is 4.90. The average molecular weight is 385 g/mol. The molecule has 2 heterocycles. The lowest BCUT2D eigenvalue weighted by Gasteiger charge is -2.13. The molecule has 0 saturated heterocycles. The lowest BCUT2D eigenvalue weighted by atomic mass is 10.0. The third kappa shape index (κ3) is 3.38. The Morgan fingerprint density at radius 2 is 1.67 bits per heavy atom. The summed E-state index contributed by atoms with van der Waals surface area (Å²) in [6.45, 7) is 1.75. The molecular weight excluding hydrogens is 371 g/mol. The van der Waals surface area contributed by atoms with Gasteiger partial charge in [-0.25, -0.2) is 9.67 Å². The second-order valence-electron chi connectivity index (χ2n) is 6.01. The number of thiazole rings is 1. The van der Waals surface area contributed by atoms with Crippen molar-refractivity contribution in [2.75, 3.05) is 0 Å². The zero-order valence-electron chi connectivity index (χ0n) is 14.2. The standard InChI is InChI=1S/C20H14F3N3S/c1-13-11-18(15-9-5-6-10-16(15)20(21,22)23)26(25-13)19-24-17(12-27-19)14-7-3-2-4-8-14/h2-12H,1H3. The molecule has 27 heavy (non-hydrogen) atoms. The van der Waals surface area contributed by atoms with E-state index in [1.54, 1.807) is 19.1 Å². The van der Waals surface area contributed by atoms with Crippen LogP contribution in [0.25, 0.3) is 27.6 Å². The Bertz CT molecular complexity index is 1080. The largest absolute Gasteiger partial charge is 0.417 e.